The number of anilines is 1. The lowest BCUT2D eigenvalue weighted by Gasteiger charge is -2.01. The van der Waals surface area contributed by atoms with E-state index in [0.29, 0.717) is 11.6 Å². The lowest BCUT2D eigenvalue weighted by Crippen LogP contribution is -2.14. The van der Waals surface area contributed by atoms with Crippen LogP contribution in [0.15, 0.2) is 35.7 Å². The molecule has 0 aliphatic heterocycles. The van der Waals surface area contributed by atoms with Crippen molar-refractivity contribution in [2.24, 2.45) is 0 Å². The summed E-state index contributed by atoms with van der Waals surface area (Å²) in [4.78, 5) is 16.1. The number of nitrogens with zero attached hydrogens (tertiary/aromatic N) is 1. The number of aromatic nitrogens is 1. The van der Waals surface area contributed by atoms with Crippen LogP contribution in [-0.4, -0.2) is 17.1 Å². The largest absolute Gasteiger partial charge is 0.302 e. The van der Waals surface area contributed by atoms with Gasteiger partial charge in [-0.1, -0.05) is 30.3 Å². The summed E-state index contributed by atoms with van der Waals surface area (Å²) >= 11 is 3.19. The molecule has 3 nitrogen and oxygen atoms in total. The third-order valence-corrected chi connectivity index (χ3v) is 3.69. The van der Waals surface area contributed by atoms with E-state index < -0.39 is 0 Å². The predicted octanol–water partition coefficient (Wildman–Crippen LogP) is 3.19. The summed E-state index contributed by atoms with van der Waals surface area (Å²) in [6.45, 7) is 0. The average molecular weight is 278 g/mol. The Morgan fingerprint density at radius 2 is 2.17 bits per heavy atom. The van der Waals surface area contributed by atoms with Crippen LogP contribution in [0.25, 0.3) is 0 Å². The van der Waals surface area contributed by atoms with Gasteiger partial charge in [0.05, 0.1) is 12.1 Å². The van der Waals surface area contributed by atoms with Gasteiger partial charge in [-0.3, -0.25) is 4.79 Å². The number of thioether (sulfide) groups is 1. The Kier molecular flexibility index (Phi) is 4.78. The van der Waals surface area contributed by atoms with Gasteiger partial charge in [-0.05, 0) is 11.8 Å². The Labute approximate surface area is 115 Å². The van der Waals surface area contributed by atoms with Crippen LogP contribution in [-0.2, 0) is 17.0 Å². The van der Waals surface area contributed by atoms with E-state index in [9.17, 15) is 4.79 Å². The summed E-state index contributed by atoms with van der Waals surface area (Å²) in [7, 11) is 0. The van der Waals surface area contributed by atoms with E-state index in [-0.39, 0.29) is 5.91 Å². The summed E-state index contributed by atoms with van der Waals surface area (Å²) < 4.78 is 0. The molecule has 0 aliphatic rings. The zero-order valence-corrected chi connectivity index (χ0v) is 11.7. The van der Waals surface area contributed by atoms with E-state index in [2.05, 4.69) is 10.3 Å². The van der Waals surface area contributed by atoms with Gasteiger partial charge in [0.15, 0.2) is 5.13 Å². The Bertz CT molecular complexity index is 511. The molecule has 0 spiro atoms. The van der Waals surface area contributed by atoms with Gasteiger partial charge in [0.1, 0.15) is 0 Å². The molecule has 1 aromatic carbocycles. The number of nitrogens with one attached hydrogen (secondary N) is 1. The Hall–Kier alpha value is -1.33. The number of hydrogen-bond acceptors (Lipinski definition) is 4. The van der Waals surface area contributed by atoms with Crippen LogP contribution in [0.3, 0.4) is 0 Å². The highest BCUT2D eigenvalue weighted by atomic mass is 32.2. The van der Waals surface area contributed by atoms with Gasteiger partial charge in [0.25, 0.3) is 0 Å². The van der Waals surface area contributed by atoms with Crippen LogP contribution in [0, 0.1) is 0 Å². The number of benzene rings is 1. The first-order valence-corrected chi connectivity index (χ1v) is 7.82. The highest BCUT2D eigenvalue weighted by molar-refractivity contribution is 7.97. The van der Waals surface area contributed by atoms with Crippen molar-refractivity contribution in [2.45, 2.75) is 12.2 Å². The van der Waals surface area contributed by atoms with E-state index in [0.717, 1.165) is 17.0 Å². The number of thiazole rings is 1. The highest BCUT2D eigenvalue weighted by Crippen LogP contribution is 2.18. The molecule has 18 heavy (non-hydrogen) atoms. The molecule has 0 radical (unpaired) electrons. The fourth-order valence-electron chi connectivity index (χ4n) is 1.52. The molecule has 0 bridgehead atoms. The molecule has 0 unspecified atom stereocenters. The molecule has 1 heterocycles. The van der Waals surface area contributed by atoms with Crippen molar-refractivity contribution in [1.82, 2.24) is 4.98 Å². The van der Waals surface area contributed by atoms with Crippen LogP contribution < -0.4 is 5.32 Å². The maximum atomic E-state index is 11.8. The van der Waals surface area contributed by atoms with Gasteiger partial charge < -0.3 is 5.32 Å². The molecule has 94 valence electrons. The molecule has 0 saturated heterocycles. The summed E-state index contributed by atoms with van der Waals surface area (Å²) in [5.41, 5.74) is 2.03. The second kappa shape index (κ2) is 6.56. The predicted molar refractivity (Wildman–Crippen MR) is 78.1 cm³/mol. The van der Waals surface area contributed by atoms with Gasteiger partial charge in [-0.2, -0.15) is 11.8 Å². The minimum absolute atomic E-state index is 0.0220. The Balaban J connectivity index is 1.90. The van der Waals surface area contributed by atoms with Crippen LogP contribution in [0.4, 0.5) is 5.13 Å². The number of amides is 1. The van der Waals surface area contributed by atoms with Crippen LogP contribution in [0.2, 0.25) is 0 Å². The van der Waals surface area contributed by atoms with Gasteiger partial charge in [0, 0.05) is 11.1 Å². The van der Waals surface area contributed by atoms with E-state index in [1.165, 1.54) is 11.3 Å². The topological polar surface area (TPSA) is 42.0 Å². The molecule has 0 fully saturated rings. The minimum atomic E-state index is -0.0220. The van der Waals surface area contributed by atoms with Crippen molar-refractivity contribution in [3.05, 3.63) is 47.0 Å². The molecule has 1 amide bonds. The normalized spacial score (nSPS) is 10.3. The molecule has 2 rings (SSSR count). The number of hydrogen-bond donors (Lipinski definition) is 1. The molecular weight excluding hydrogens is 264 g/mol. The lowest BCUT2D eigenvalue weighted by atomic mass is 10.1. The van der Waals surface area contributed by atoms with E-state index in [4.69, 9.17) is 0 Å². The molecule has 1 N–H and O–H groups in total. The third kappa shape index (κ3) is 3.85. The molecule has 1 aromatic heterocycles. The van der Waals surface area contributed by atoms with Crippen molar-refractivity contribution < 1.29 is 4.79 Å². The number of rotatable bonds is 5. The quantitative estimate of drug-likeness (QED) is 0.913. The summed E-state index contributed by atoms with van der Waals surface area (Å²) in [6.07, 6.45) is 2.42. The van der Waals surface area contributed by atoms with Crippen LogP contribution in [0.5, 0.6) is 0 Å². The maximum absolute atomic E-state index is 11.8. The Morgan fingerprint density at radius 3 is 2.89 bits per heavy atom. The monoisotopic (exact) mass is 278 g/mol. The molecule has 2 aromatic rings. The SMILES string of the molecule is CSCc1csc(NC(=O)Cc2ccccc2)n1. The fraction of sp³-hybridized carbons (Fsp3) is 0.231. The zero-order chi connectivity index (χ0) is 12.8. The summed E-state index contributed by atoms with van der Waals surface area (Å²) in [5, 5.41) is 5.49. The van der Waals surface area contributed by atoms with Crippen LogP contribution in [0.1, 0.15) is 11.3 Å². The first kappa shape index (κ1) is 13.1. The van der Waals surface area contributed by atoms with Crippen molar-refractivity contribution in [1.29, 1.82) is 0 Å². The van der Waals surface area contributed by atoms with Crippen molar-refractivity contribution >= 4 is 34.1 Å². The molecule has 0 atom stereocenters. The average Bonchev–Trinajstić information content (AvgIpc) is 2.78. The number of carbonyl (C=O) groups excluding carboxylic acids is 1. The van der Waals surface area contributed by atoms with E-state index in [1.54, 1.807) is 11.8 Å². The summed E-state index contributed by atoms with van der Waals surface area (Å²) in [6, 6.07) is 9.70. The van der Waals surface area contributed by atoms with E-state index in [1.807, 2.05) is 42.0 Å². The standard InChI is InChI=1S/C13H14N2OS2/c1-17-8-11-9-18-13(14-11)15-12(16)7-10-5-3-2-4-6-10/h2-6,9H,7-8H2,1H3,(H,14,15,16). The van der Waals surface area contributed by atoms with Gasteiger partial charge in [-0.15, -0.1) is 11.3 Å². The number of carbonyl (C=O) groups is 1. The summed E-state index contributed by atoms with van der Waals surface area (Å²) in [5.74, 6) is 0.858. The van der Waals surface area contributed by atoms with Crippen molar-refractivity contribution in [3.63, 3.8) is 0 Å². The maximum Gasteiger partial charge on any atom is 0.230 e. The first-order chi connectivity index (χ1) is 8.78. The smallest absolute Gasteiger partial charge is 0.230 e. The fourth-order valence-corrected chi connectivity index (χ4v) is 2.80. The molecule has 0 aliphatic carbocycles. The van der Waals surface area contributed by atoms with Gasteiger partial charge in [-0.25, -0.2) is 4.98 Å². The van der Waals surface area contributed by atoms with E-state index >= 15 is 0 Å². The zero-order valence-electron chi connectivity index (χ0n) is 10.1. The second-order valence-corrected chi connectivity index (χ2v) is 5.51. The minimum Gasteiger partial charge on any atom is -0.302 e. The van der Waals surface area contributed by atoms with Gasteiger partial charge >= 0.3 is 0 Å². The molecular formula is C13H14N2OS2. The highest BCUT2D eigenvalue weighted by Gasteiger charge is 2.07. The van der Waals surface area contributed by atoms with Crippen molar-refractivity contribution in [2.75, 3.05) is 11.6 Å². The third-order valence-electron chi connectivity index (χ3n) is 2.30. The van der Waals surface area contributed by atoms with Gasteiger partial charge in [0.2, 0.25) is 5.91 Å². The lowest BCUT2D eigenvalue weighted by molar-refractivity contribution is -0.115. The molecule has 0 saturated carbocycles. The van der Waals surface area contributed by atoms with Crippen LogP contribution >= 0.6 is 23.1 Å². The van der Waals surface area contributed by atoms with Crippen molar-refractivity contribution in [3.8, 4) is 0 Å². The second-order valence-electron chi connectivity index (χ2n) is 3.79. The Morgan fingerprint density at radius 1 is 1.39 bits per heavy atom. The molecule has 5 heteroatoms. The first-order valence-electron chi connectivity index (χ1n) is 5.55.